The average molecular weight is 326 g/mol. The summed E-state index contributed by atoms with van der Waals surface area (Å²) in [6.07, 6.45) is 6.61. The number of aliphatic imine (C=N–C) groups is 1. The first-order chi connectivity index (χ1) is 11.2. The lowest BCUT2D eigenvalue weighted by Crippen LogP contribution is -2.39. The van der Waals surface area contributed by atoms with Gasteiger partial charge in [0.2, 0.25) is 5.91 Å². The van der Waals surface area contributed by atoms with Crippen molar-refractivity contribution in [2.45, 2.75) is 46.0 Å². The Morgan fingerprint density at radius 2 is 2.04 bits per heavy atom. The molecular weight excluding hydrogens is 292 g/mol. The number of rotatable bonds is 9. The van der Waals surface area contributed by atoms with Gasteiger partial charge >= 0.3 is 0 Å². The first-order valence-electron chi connectivity index (χ1n) is 8.93. The molecule has 1 aliphatic rings. The maximum Gasteiger partial charge on any atom is 0.241 e. The van der Waals surface area contributed by atoms with Crippen molar-refractivity contribution in [3.63, 3.8) is 0 Å². The number of nitrogens with one attached hydrogen (secondary N) is 3. The number of nitrogens with zero attached hydrogens (tertiary/aromatic N) is 1. The molecule has 0 aliphatic heterocycles. The van der Waals surface area contributed by atoms with Crippen LogP contribution in [0.5, 0.6) is 0 Å². The summed E-state index contributed by atoms with van der Waals surface area (Å²) in [5, 5.41) is 9.29. The van der Waals surface area contributed by atoms with Crippen LogP contribution in [0, 0.1) is 11.8 Å². The summed E-state index contributed by atoms with van der Waals surface area (Å²) in [4.78, 5) is 16.0. The first-order valence-corrected chi connectivity index (χ1v) is 8.93. The van der Waals surface area contributed by atoms with Gasteiger partial charge in [-0.05, 0) is 31.6 Å². The van der Waals surface area contributed by atoms with Gasteiger partial charge in [-0.3, -0.25) is 4.79 Å². The average Bonchev–Trinajstić information content (AvgIpc) is 2.53. The topological polar surface area (TPSA) is 74.8 Å². The summed E-state index contributed by atoms with van der Waals surface area (Å²) in [5.74, 6) is 2.33. The Labute approximate surface area is 140 Å². The third-order valence-corrected chi connectivity index (χ3v) is 4.24. The van der Waals surface area contributed by atoms with Crippen molar-refractivity contribution in [1.82, 2.24) is 16.0 Å². The zero-order chi connectivity index (χ0) is 16.9. The van der Waals surface area contributed by atoms with E-state index in [9.17, 15) is 4.79 Å². The zero-order valence-corrected chi connectivity index (χ0v) is 15.0. The molecule has 1 rings (SSSR count). The second-order valence-electron chi connectivity index (χ2n) is 6.39. The Bertz CT molecular complexity index is 361. The molecule has 1 saturated carbocycles. The van der Waals surface area contributed by atoms with Crippen LogP contribution in [0.2, 0.25) is 0 Å². The van der Waals surface area contributed by atoms with Crippen LogP contribution in [-0.4, -0.2) is 51.8 Å². The highest BCUT2D eigenvalue weighted by Gasteiger charge is 2.18. The van der Waals surface area contributed by atoms with Gasteiger partial charge in [0.25, 0.3) is 0 Å². The Balaban J connectivity index is 2.27. The van der Waals surface area contributed by atoms with Gasteiger partial charge in [-0.25, -0.2) is 4.99 Å². The molecule has 0 radical (unpaired) electrons. The Kier molecular flexibility index (Phi) is 10.4. The van der Waals surface area contributed by atoms with Crippen LogP contribution in [0.15, 0.2) is 4.99 Å². The molecule has 6 nitrogen and oxygen atoms in total. The minimum Gasteiger partial charge on any atom is -0.383 e. The molecule has 1 amide bonds. The monoisotopic (exact) mass is 326 g/mol. The van der Waals surface area contributed by atoms with Gasteiger partial charge < -0.3 is 20.7 Å². The lowest BCUT2D eigenvalue weighted by molar-refractivity contribution is -0.119. The largest absolute Gasteiger partial charge is 0.383 e. The standard InChI is InChI=1S/C17H34N4O2/c1-4-18-17(21-13-16(22)19-10-11-23-3)20-9-8-15-7-5-6-14(2)12-15/h14-15H,4-13H2,1-3H3,(H,19,22)(H2,18,20,21). The van der Waals surface area contributed by atoms with Gasteiger partial charge in [-0.1, -0.05) is 26.2 Å². The van der Waals surface area contributed by atoms with Gasteiger partial charge in [0.15, 0.2) is 5.96 Å². The maximum atomic E-state index is 11.7. The van der Waals surface area contributed by atoms with Crippen LogP contribution < -0.4 is 16.0 Å². The fourth-order valence-electron chi connectivity index (χ4n) is 3.06. The van der Waals surface area contributed by atoms with E-state index in [1.54, 1.807) is 7.11 Å². The predicted molar refractivity (Wildman–Crippen MR) is 94.6 cm³/mol. The van der Waals surface area contributed by atoms with Crippen molar-refractivity contribution in [3.05, 3.63) is 0 Å². The summed E-state index contributed by atoms with van der Waals surface area (Å²) >= 11 is 0. The molecule has 2 unspecified atom stereocenters. The Morgan fingerprint density at radius 3 is 2.74 bits per heavy atom. The highest BCUT2D eigenvalue weighted by atomic mass is 16.5. The van der Waals surface area contributed by atoms with Gasteiger partial charge in [-0.15, -0.1) is 0 Å². The van der Waals surface area contributed by atoms with E-state index in [1.165, 1.54) is 32.1 Å². The van der Waals surface area contributed by atoms with Crippen LogP contribution in [0.3, 0.4) is 0 Å². The lowest BCUT2D eigenvalue weighted by Gasteiger charge is -2.26. The summed E-state index contributed by atoms with van der Waals surface area (Å²) in [5.41, 5.74) is 0. The first kappa shape index (κ1) is 19.7. The molecule has 0 aromatic heterocycles. The number of guanidine groups is 1. The molecule has 1 aliphatic carbocycles. The lowest BCUT2D eigenvalue weighted by atomic mass is 9.81. The molecule has 2 atom stereocenters. The molecule has 23 heavy (non-hydrogen) atoms. The minimum atomic E-state index is -0.0830. The van der Waals surface area contributed by atoms with Gasteiger partial charge in [0.05, 0.1) is 6.61 Å². The predicted octanol–water partition coefficient (Wildman–Crippen LogP) is 1.52. The Hall–Kier alpha value is -1.30. The molecule has 0 heterocycles. The van der Waals surface area contributed by atoms with E-state index in [1.807, 2.05) is 6.92 Å². The number of methoxy groups -OCH3 is 1. The second kappa shape index (κ2) is 12.2. The van der Waals surface area contributed by atoms with Crippen LogP contribution in [0.1, 0.15) is 46.0 Å². The number of amides is 1. The number of ether oxygens (including phenoxy) is 1. The smallest absolute Gasteiger partial charge is 0.241 e. The second-order valence-corrected chi connectivity index (χ2v) is 6.39. The fraction of sp³-hybridized carbons (Fsp3) is 0.882. The van der Waals surface area contributed by atoms with E-state index in [0.29, 0.717) is 13.2 Å². The van der Waals surface area contributed by atoms with Crippen LogP contribution in [0.25, 0.3) is 0 Å². The van der Waals surface area contributed by atoms with Crippen molar-refractivity contribution < 1.29 is 9.53 Å². The van der Waals surface area contributed by atoms with Crippen molar-refractivity contribution in [1.29, 1.82) is 0 Å². The molecule has 1 fully saturated rings. The van der Waals surface area contributed by atoms with Crippen molar-refractivity contribution in [2.75, 3.05) is 39.9 Å². The summed E-state index contributed by atoms with van der Waals surface area (Å²) in [7, 11) is 1.62. The highest BCUT2D eigenvalue weighted by molar-refractivity contribution is 5.84. The quantitative estimate of drug-likeness (QED) is 0.341. The van der Waals surface area contributed by atoms with E-state index in [0.717, 1.165) is 30.9 Å². The van der Waals surface area contributed by atoms with Crippen molar-refractivity contribution >= 4 is 11.9 Å². The van der Waals surface area contributed by atoms with E-state index in [2.05, 4.69) is 27.9 Å². The van der Waals surface area contributed by atoms with E-state index in [-0.39, 0.29) is 12.5 Å². The van der Waals surface area contributed by atoms with Gasteiger partial charge in [0, 0.05) is 26.7 Å². The molecule has 3 N–H and O–H groups in total. The summed E-state index contributed by atoms with van der Waals surface area (Å²) < 4.78 is 4.90. The molecular formula is C17H34N4O2. The number of hydrogen-bond donors (Lipinski definition) is 3. The fourth-order valence-corrected chi connectivity index (χ4v) is 3.06. The third-order valence-electron chi connectivity index (χ3n) is 4.24. The van der Waals surface area contributed by atoms with Crippen LogP contribution in [-0.2, 0) is 9.53 Å². The molecule has 6 heteroatoms. The number of carbonyl (C=O) groups excluding carboxylic acids is 1. The van der Waals surface area contributed by atoms with Gasteiger partial charge in [0.1, 0.15) is 6.54 Å². The van der Waals surface area contributed by atoms with Crippen molar-refractivity contribution in [3.8, 4) is 0 Å². The normalized spacial score (nSPS) is 21.8. The Morgan fingerprint density at radius 1 is 1.22 bits per heavy atom. The number of carbonyl (C=O) groups is 1. The molecule has 0 spiro atoms. The third kappa shape index (κ3) is 9.43. The SMILES string of the molecule is CCNC(=NCC(=O)NCCOC)NCCC1CCCC(C)C1. The molecule has 134 valence electrons. The minimum absolute atomic E-state index is 0.0830. The number of hydrogen-bond acceptors (Lipinski definition) is 3. The van der Waals surface area contributed by atoms with Crippen LogP contribution in [0.4, 0.5) is 0 Å². The molecule has 0 bridgehead atoms. The maximum absolute atomic E-state index is 11.7. The summed E-state index contributed by atoms with van der Waals surface area (Å²) in [6, 6.07) is 0. The van der Waals surface area contributed by atoms with Crippen molar-refractivity contribution in [2.24, 2.45) is 16.8 Å². The highest BCUT2D eigenvalue weighted by Crippen LogP contribution is 2.30. The molecule has 0 saturated heterocycles. The summed E-state index contributed by atoms with van der Waals surface area (Å²) in [6.45, 7) is 7.26. The van der Waals surface area contributed by atoms with E-state index >= 15 is 0 Å². The van der Waals surface area contributed by atoms with Crippen LogP contribution >= 0.6 is 0 Å². The van der Waals surface area contributed by atoms with E-state index < -0.39 is 0 Å². The molecule has 0 aromatic rings. The van der Waals surface area contributed by atoms with E-state index in [4.69, 9.17) is 4.74 Å². The molecule has 0 aromatic carbocycles. The van der Waals surface area contributed by atoms with Gasteiger partial charge in [-0.2, -0.15) is 0 Å². The zero-order valence-electron chi connectivity index (χ0n) is 15.0.